The van der Waals surface area contributed by atoms with E-state index >= 15 is 0 Å². The Morgan fingerprint density at radius 3 is 2.57 bits per heavy atom. The molecule has 30 heavy (non-hydrogen) atoms. The second-order valence-electron chi connectivity index (χ2n) is 7.45. The lowest BCUT2D eigenvalue weighted by Crippen LogP contribution is -2.40. The highest BCUT2D eigenvalue weighted by atomic mass is 32.2. The normalized spacial score (nSPS) is 15.4. The van der Waals surface area contributed by atoms with Gasteiger partial charge >= 0.3 is 0 Å². The highest BCUT2D eigenvalue weighted by molar-refractivity contribution is 7.89. The van der Waals surface area contributed by atoms with Crippen molar-refractivity contribution in [3.8, 4) is 5.75 Å². The number of carbonyl (C=O) groups excluding carboxylic acids is 1. The van der Waals surface area contributed by atoms with Gasteiger partial charge < -0.3 is 9.64 Å². The number of rotatable bonds is 8. The molecule has 1 aromatic carbocycles. The quantitative estimate of drug-likeness (QED) is 0.642. The van der Waals surface area contributed by atoms with Crippen LogP contribution in [0.15, 0.2) is 48.8 Å². The molecule has 0 N–H and O–H groups in total. The van der Waals surface area contributed by atoms with Crippen molar-refractivity contribution in [2.45, 2.75) is 32.2 Å². The number of benzene rings is 1. The number of carbonyl (C=O) groups is 1. The average molecular weight is 432 g/mol. The Morgan fingerprint density at radius 2 is 1.90 bits per heavy atom. The van der Waals surface area contributed by atoms with E-state index in [4.69, 9.17) is 4.74 Å². The third-order valence-electron chi connectivity index (χ3n) is 5.28. The summed E-state index contributed by atoms with van der Waals surface area (Å²) >= 11 is 0. The van der Waals surface area contributed by atoms with Gasteiger partial charge in [0, 0.05) is 44.1 Å². The van der Waals surface area contributed by atoms with E-state index in [9.17, 15) is 13.2 Å². The molecule has 2 heterocycles. The minimum Gasteiger partial charge on any atom is -0.497 e. The van der Waals surface area contributed by atoms with E-state index in [1.54, 1.807) is 59.0 Å². The summed E-state index contributed by atoms with van der Waals surface area (Å²) < 4.78 is 32.6. The maximum atomic E-state index is 13.2. The number of aromatic nitrogens is 1. The van der Waals surface area contributed by atoms with E-state index in [2.05, 4.69) is 4.98 Å². The zero-order valence-electron chi connectivity index (χ0n) is 17.4. The lowest BCUT2D eigenvalue weighted by atomic mass is 10.1. The SMILES string of the molecule is COc1cccc(C(=O)N(CCS(=O)(=O)N2CCCCCC2)Cc2cccnc2)c1. The highest BCUT2D eigenvalue weighted by Crippen LogP contribution is 2.18. The molecule has 1 saturated heterocycles. The van der Waals surface area contributed by atoms with Crippen molar-refractivity contribution in [1.82, 2.24) is 14.2 Å². The molecule has 0 atom stereocenters. The Hall–Kier alpha value is -2.45. The van der Waals surface area contributed by atoms with Crippen LogP contribution in [-0.2, 0) is 16.6 Å². The Labute approximate surface area is 178 Å². The molecule has 0 spiro atoms. The number of amides is 1. The molecule has 3 rings (SSSR count). The van der Waals surface area contributed by atoms with Crippen LogP contribution in [0, 0.1) is 0 Å². The zero-order chi connectivity index (χ0) is 21.4. The molecular formula is C22H29N3O4S. The van der Waals surface area contributed by atoms with Gasteiger partial charge in [0.15, 0.2) is 0 Å². The van der Waals surface area contributed by atoms with Gasteiger partial charge in [0.05, 0.1) is 12.9 Å². The summed E-state index contributed by atoms with van der Waals surface area (Å²) in [5.41, 5.74) is 1.31. The molecule has 0 aliphatic carbocycles. The van der Waals surface area contributed by atoms with E-state index in [1.807, 2.05) is 6.07 Å². The van der Waals surface area contributed by atoms with Crippen LogP contribution < -0.4 is 4.74 Å². The van der Waals surface area contributed by atoms with Crippen molar-refractivity contribution in [3.05, 3.63) is 59.9 Å². The van der Waals surface area contributed by atoms with Gasteiger partial charge in [-0.15, -0.1) is 0 Å². The average Bonchev–Trinajstić information content (AvgIpc) is 3.07. The predicted molar refractivity (Wildman–Crippen MR) is 116 cm³/mol. The maximum Gasteiger partial charge on any atom is 0.254 e. The van der Waals surface area contributed by atoms with Gasteiger partial charge in [0.25, 0.3) is 5.91 Å². The molecule has 0 radical (unpaired) electrons. The van der Waals surface area contributed by atoms with Crippen LogP contribution in [0.1, 0.15) is 41.6 Å². The molecule has 1 aliphatic heterocycles. The van der Waals surface area contributed by atoms with Crippen LogP contribution in [0.4, 0.5) is 0 Å². The monoisotopic (exact) mass is 431 g/mol. The van der Waals surface area contributed by atoms with Gasteiger partial charge in [-0.3, -0.25) is 9.78 Å². The summed E-state index contributed by atoms with van der Waals surface area (Å²) in [7, 11) is -1.88. The van der Waals surface area contributed by atoms with Gasteiger partial charge in [-0.25, -0.2) is 12.7 Å². The Bertz CT molecular complexity index is 926. The number of ether oxygens (including phenoxy) is 1. The van der Waals surface area contributed by atoms with Gasteiger partial charge in [0.2, 0.25) is 10.0 Å². The summed E-state index contributed by atoms with van der Waals surface area (Å²) in [5, 5.41) is 0. The van der Waals surface area contributed by atoms with E-state index in [-0.39, 0.29) is 18.2 Å². The van der Waals surface area contributed by atoms with E-state index in [1.165, 1.54) is 0 Å². The number of sulfonamides is 1. The van der Waals surface area contributed by atoms with Crippen LogP contribution in [0.25, 0.3) is 0 Å². The first-order valence-corrected chi connectivity index (χ1v) is 11.9. The first-order chi connectivity index (χ1) is 14.5. The second kappa shape index (κ2) is 10.5. The Kier molecular flexibility index (Phi) is 7.81. The highest BCUT2D eigenvalue weighted by Gasteiger charge is 2.25. The summed E-state index contributed by atoms with van der Waals surface area (Å²) in [6.07, 6.45) is 7.26. The topological polar surface area (TPSA) is 79.8 Å². The van der Waals surface area contributed by atoms with Crippen LogP contribution in [-0.4, -0.2) is 61.0 Å². The van der Waals surface area contributed by atoms with Crippen molar-refractivity contribution in [2.75, 3.05) is 32.5 Å². The number of methoxy groups -OCH3 is 1. The van der Waals surface area contributed by atoms with Gasteiger partial charge in [-0.2, -0.15) is 0 Å². The Balaban J connectivity index is 1.77. The van der Waals surface area contributed by atoms with E-state index < -0.39 is 10.0 Å². The van der Waals surface area contributed by atoms with Crippen molar-refractivity contribution in [3.63, 3.8) is 0 Å². The number of nitrogens with zero attached hydrogens (tertiary/aromatic N) is 3. The molecule has 0 saturated carbocycles. The first-order valence-electron chi connectivity index (χ1n) is 10.3. The van der Waals surface area contributed by atoms with Gasteiger partial charge in [0.1, 0.15) is 5.75 Å². The fourth-order valence-electron chi connectivity index (χ4n) is 3.58. The molecular weight excluding hydrogens is 402 g/mol. The molecule has 0 bridgehead atoms. The molecule has 1 amide bonds. The summed E-state index contributed by atoms with van der Waals surface area (Å²) in [6.45, 7) is 1.53. The van der Waals surface area contributed by atoms with Crippen molar-refractivity contribution in [1.29, 1.82) is 0 Å². The Morgan fingerprint density at radius 1 is 1.13 bits per heavy atom. The largest absolute Gasteiger partial charge is 0.497 e. The lowest BCUT2D eigenvalue weighted by molar-refractivity contribution is 0.0753. The minimum atomic E-state index is -3.42. The molecule has 7 nitrogen and oxygen atoms in total. The molecule has 162 valence electrons. The van der Waals surface area contributed by atoms with Gasteiger partial charge in [-0.1, -0.05) is 25.0 Å². The fourth-order valence-corrected chi connectivity index (χ4v) is 5.10. The smallest absolute Gasteiger partial charge is 0.254 e. The third kappa shape index (κ3) is 6.03. The minimum absolute atomic E-state index is 0.0943. The molecule has 1 fully saturated rings. The fraction of sp³-hybridized carbons (Fsp3) is 0.455. The third-order valence-corrected chi connectivity index (χ3v) is 7.13. The van der Waals surface area contributed by atoms with Gasteiger partial charge in [-0.05, 0) is 42.7 Å². The molecule has 1 aliphatic rings. The predicted octanol–water partition coefficient (Wildman–Crippen LogP) is 2.94. The number of hydrogen-bond acceptors (Lipinski definition) is 5. The molecule has 8 heteroatoms. The summed E-state index contributed by atoms with van der Waals surface area (Å²) in [6, 6.07) is 10.6. The van der Waals surface area contributed by atoms with Crippen molar-refractivity contribution < 1.29 is 17.9 Å². The molecule has 2 aromatic rings. The summed E-state index contributed by atoms with van der Waals surface area (Å²) in [4.78, 5) is 18.9. The van der Waals surface area contributed by atoms with Crippen LogP contribution >= 0.6 is 0 Å². The standard InChI is InChI=1S/C22H29N3O4S/c1-29-21-10-6-9-20(16-21)22(26)24(18-19-8-7-11-23-17-19)14-15-30(27,28)25-12-4-2-3-5-13-25/h6-11,16-17H,2-5,12-15,18H2,1H3. The molecule has 1 aromatic heterocycles. The summed E-state index contributed by atoms with van der Waals surface area (Å²) in [5.74, 6) is 0.256. The second-order valence-corrected chi connectivity index (χ2v) is 9.54. The van der Waals surface area contributed by atoms with Crippen molar-refractivity contribution >= 4 is 15.9 Å². The number of hydrogen-bond donors (Lipinski definition) is 0. The van der Waals surface area contributed by atoms with Crippen LogP contribution in [0.2, 0.25) is 0 Å². The number of pyridine rings is 1. The van der Waals surface area contributed by atoms with Crippen LogP contribution in [0.3, 0.4) is 0 Å². The van der Waals surface area contributed by atoms with E-state index in [0.717, 1.165) is 31.2 Å². The zero-order valence-corrected chi connectivity index (χ0v) is 18.2. The first kappa shape index (κ1) is 22.2. The van der Waals surface area contributed by atoms with Crippen molar-refractivity contribution in [2.24, 2.45) is 0 Å². The van der Waals surface area contributed by atoms with Crippen LogP contribution in [0.5, 0.6) is 5.75 Å². The lowest BCUT2D eigenvalue weighted by Gasteiger charge is -2.25. The van der Waals surface area contributed by atoms with E-state index in [0.29, 0.717) is 30.9 Å². The molecule has 0 unspecified atom stereocenters. The maximum absolute atomic E-state index is 13.2.